The number of carbonyl (C=O) groups is 1. The van der Waals surface area contributed by atoms with Crippen LogP contribution in [-0.2, 0) is 4.79 Å². The molecule has 1 saturated carbocycles. The van der Waals surface area contributed by atoms with Gasteiger partial charge < -0.3 is 10.0 Å². The molecule has 2 unspecified atom stereocenters. The van der Waals surface area contributed by atoms with Crippen molar-refractivity contribution in [2.75, 3.05) is 20.2 Å². The molecule has 0 saturated heterocycles. The van der Waals surface area contributed by atoms with Gasteiger partial charge in [-0.1, -0.05) is 23.7 Å². The molecule has 1 aliphatic carbocycles. The van der Waals surface area contributed by atoms with Gasteiger partial charge in [0.2, 0.25) is 5.91 Å². The van der Waals surface area contributed by atoms with Crippen LogP contribution in [0.2, 0.25) is 5.02 Å². The van der Waals surface area contributed by atoms with Crippen molar-refractivity contribution in [3.63, 3.8) is 0 Å². The van der Waals surface area contributed by atoms with E-state index in [9.17, 15) is 4.79 Å². The molecule has 1 fully saturated rings. The van der Waals surface area contributed by atoms with Gasteiger partial charge in [0.15, 0.2) is 0 Å². The average Bonchev–Trinajstić information content (AvgIpc) is 3.09. The van der Waals surface area contributed by atoms with Crippen LogP contribution in [0.25, 0.3) is 0 Å². The highest BCUT2D eigenvalue weighted by atomic mass is 35.5. The summed E-state index contributed by atoms with van der Waals surface area (Å²) in [6.45, 7) is 0.420. The smallest absolute Gasteiger partial charge is 0.226 e. The topological polar surface area (TPSA) is 40.5 Å². The van der Waals surface area contributed by atoms with Crippen molar-refractivity contribution in [3.05, 3.63) is 34.9 Å². The maximum absolute atomic E-state index is 11.9. The monoisotopic (exact) mass is 253 g/mol. The molecule has 1 aromatic rings. The third-order valence-corrected chi connectivity index (χ3v) is 3.47. The highest BCUT2D eigenvalue weighted by Gasteiger charge is 2.44. The normalized spacial score (nSPS) is 22.3. The van der Waals surface area contributed by atoms with E-state index in [-0.39, 0.29) is 18.4 Å². The zero-order chi connectivity index (χ0) is 12.4. The van der Waals surface area contributed by atoms with Crippen molar-refractivity contribution in [1.82, 2.24) is 4.90 Å². The summed E-state index contributed by atoms with van der Waals surface area (Å²) in [5.74, 6) is 0.521. The fourth-order valence-corrected chi connectivity index (χ4v) is 2.22. The molecule has 0 aromatic heterocycles. The third-order valence-electron chi connectivity index (χ3n) is 3.22. The first-order chi connectivity index (χ1) is 8.13. The largest absolute Gasteiger partial charge is 0.395 e. The van der Waals surface area contributed by atoms with Gasteiger partial charge in [-0.25, -0.2) is 0 Å². The van der Waals surface area contributed by atoms with Crippen molar-refractivity contribution in [1.29, 1.82) is 0 Å². The zero-order valence-electron chi connectivity index (χ0n) is 9.77. The Morgan fingerprint density at radius 3 is 2.71 bits per heavy atom. The lowest BCUT2D eigenvalue weighted by Crippen LogP contribution is -2.31. The fraction of sp³-hybridized carbons (Fsp3) is 0.462. The summed E-state index contributed by atoms with van der Waals surface area (Å²) in [7, 11) is 1.73. The molecule has 17 heavy (non-hydrogen) atoms. The summed E-state index contributed by atoms with van der Waals surface area (Å²) in [6, 6.07) is 7.67. The Kier molecular flexibility index (Phi) is 3.69. The van der Waals surface area contributed by atoms with Crippen molar-refractivity contribution in [2.45, 2.75) is 12.3 Å². The van der Waals surface area contributed by atoms with Crippen LogP contribution in [0.5, 0.6) is 0 Å². The lowest BCUT2D eigenvalue weighted by molar-refractivity contribution is -0.131. The molecule has 1 N–H and O–H groups in total. The van der Waals surface area contributed by atoms with Gasteiger partial charge in [-0.2, -0.15) is 0 Å². The number of aliphatic hydroxyl groups excluding tert-OH is 1. The molecule has 1 aliphatic rings. The van der Waals surface area contributed by atoms with Gasteiger partial charge in [0, 0.05) is 24.5 Å². The quantitative estimate of drug-likeness (QED) is 0.890. The molecule has 0 bridgehead atoms. The maximum atomic E-state index is 11.9. The number of hydrogen-bond donors (Lipinski definition) is 1. The summed E-state index contributed by atoms with van der Waals surface area (Å²) in [6.07, 6.45) is 0.899. The molecule has 2 atom stereocenters. The predicted octanol–water partition coefficient (Wildman–Crippen LogP) is 1.89. The van der Waals surface area contributed by atoms with Gasteiger partial charge in [0.05, 0.1) is 6.61 Å². The summed E-state index contributed by atoms with van der Waals surface area (Å²) in [5, 5.41) is 9.51. The third kappa shape index (κ3) is 2.79. The number of likely N-dealkylation sites (N-methyl/N-ethyl adjacent to an activating group) is 1. The Bertz CT molecular complexity index is 404. The molecule has 3 nitrogen and oxygen atoms in total. The molecule has 2 rings (SSSR count). The molecule has 4 heteroatoms. The number of halogens is 1. The molecule has 92 valence electrons. The maximum Gasteiger partial charge on any atom is 0.226 e. The van der Waals surface area contributed by atoms with E-state index in [0.717, 1.165) is 11.4 Å². The van der Waals surface area contributed by atoms with Crippen molar-refractivity contribution < 1.29 is 9.90 Å². The molecular weight excluding hydrogens is 238 g/mol. The van der Waals surface area contributed by atoms with Gasteiger partial charge in [0.25, 0.3) is 0 Å². The first kappa shape index (κ1) is 12.4. The fourth-order valence-electron chi connectivity index (χ4n) is 2.09. The average molecular weight is 254 g/mol. The van der Waals surface area contributed by atoms with Crippen molar-refractivity contribution >= 4 is 17.5 Å². The minimum absolute atomic E-state index is 0.0145. The Hall–Kier alpha value is -1.06. The Labute approximate surface area is 106 Å². The van der Waals surface area contributed by atoms with Crippen LogP contribution < -0.4 is 0 Å². The van der Waals surface area contributed by atoms with E-state index in [1.165, 1.54) is 5.56 Å². The van der Waals surface area contributed by atoms with E-state index in [1.807, 2.05) is 24.3 Å². The second-order valence-corrected chi connectivity index (χ2v) is 4.92. The van der Waals surface area contributed by atoms with Gasteiger partial charge in [-0.15, -0.1) is 0 Å². The van der Waals surface area contributed by atoms with Crippen LogP contribution >= 0.6 is 11.6 Å². The van der Waals surface area contributed by atoms with E-state index < -0.39 is 0 Å². The number of nitrogens with zero attached hydrogens (tertiary/aromatic N) is 1. The van der Waals surface area contributed by atoms with Crippen molar-refractivity contribution in [3.8, 4) is 0 Å². The molecule has 0 spiro atoms. The summed E-state index contributed by atoms with van der Waals surface area (Å²) in [4.78, 5) is 13.5. The Morgan fingerprint density at radius 2 is 2.12 bits per heavy atom. The summed E-state index contributed by atoms with van der Waals surface area (Å²) >= 11 is 5.82. The predicted molar refractivity (Wildman–Crippen MR) is 67.0 cm³/mol. The molecule has 1 aromatic carbocycles. The second-order valence-electron chi connectivity index (χ2n) is 4.48. The second kappa shape index (κ2) is 5.07. The van der Waals surface area contributed by atoms with E-state index in [1.54, 1.807) is 11.9 Å². The first-order valence-electron chi connectivity index (χ1n) is 5.74. The molecule has 0 radical (unpaired) electrons. The lowest BCUT2D eigenvalue weighted by atomic mass is 10.1. The minimum atomic E-state index is 0.0145. The molecule has 1 amide bonds. The number of hydrogen-bond acceptors (Lipinski definition) is 2. The van der Waals surface area contributed by atoms with E-state index >= 15 is 0 Å². The molecular formula is C13H16ClNO2. The molecule has 0 aliphatic heterocycles. The molecule has 0 heterocycles. The van der Waals surface area contributed by atoms with Gasteiger partial charge in [0.1, 0.15) is 0 Å². The van der Waals surface area contributed by atoms with Crippen LogP contribution in [0, 0.1) is 5.92 Å². The number of aliphatic hydroxyl groups is 1. The SMILES string of the molecule is CN(CCO)C(=O)C1CC1c1ccc(Cl)cc1. The number of carbonyl (C=O) groups excluding carboxylic acids is 1. The number of benzene rings is 1. The van der Waals surface area contributed by atoms with Crippen LogP contribution in [0.1, 0.15) is 17.9 Å². The highest BCUT2D eigenvalue weighted by molar-refractivity contribution is 6.30. The number of amides is 1. The van der Waals surface area contributed by atoms with Crippen LogP contribution in [0.15, 0.2) is 24.3 Å². The van der Waals surface area contributed by atoms with Crippen molar-refractivity contribution in [2.24, 2.45) is 5.92 Å². The van der Waals surface area contributed by atoms with Crippen LogP contribution in [0.4, 0.5) is 0 Å². The highest BCUT2D eigenvalue weighted by Crippen LogP contribution is 2.48. The van der Waals surface area contributed by atoms with E-state index in [0.29, 0.717) is 12.5 Å². The van der Waals surface area contributed by atoms with Crippen LogP contribution in [-0.4, -0.2) is 36.1 Å². The first-order valence-corrected chi connectivity index (χ1v) is 6.12. The van der Waals surface area contributed by atoms with Gasteiger partial charge in [-0.3, -0.25) is 4.79 Å². The van der Waals surface area contributed by atoms with Gasteiger partial charge in [-0.05, 0) is 30.0 Å². The van der Waals surface area contributed by atoms with E-state index in [2.05, 4.69) is 0 Å². The standard InChI is InChI=1S/C13H16ClNO2/c1-15(6-7-16)13(17)12-8-11(12)9-2-4-10(14)5-3-9/h2-5,11-12,16H,6-8H2,1H3. The Balaban J connectivity index is 1.96. The Morgan fingerprint density at radius 1 is 1.47 bits per heavy atom. The van der Waals surface area contributed by atoms with Crippen LogP contribution in [0.3, 0.4) is 0 Å². The lowest BCUT2D eigenvalue weighted by Gasteiger charge is -2.15. The van der Waals surface area contributed by atoms with Gasteiger partial charge >= 0.3 is 0 Å². The number of rotatable bonds is 4. The summed E-state index contributed by atoms with van der Waals surface area (Å²) in [5.41, 5.74) is 1.17. The minimum Gasteiger partial charge on any atom is -0.395 e. The van der Waals surface area contributed by atoms with E-state index in [4.69, 9.17) is 16.7 Å². The summed E-state index contributed by atoms with van der Waals surface area (Å²) < 4.78 is 0. The zero-order valence-corrected chi connectivity index (χ0v) is 10.5.